The smallest absolute Gasteiger partial charge is 0.246 e. The second kappa shape index (κ2) is 5.10. The first-order chi connectivity index (χ1) is 8.54. The molecule has 6 heteroatoms. The number of benzene rings is 1. The highest BCUT2D eigenvalue weighted by Crippen LogP contribution is 2.19. The molecule has 0 spiro atoms. The third-order valence-corrected chi connectivity index (χ3v) is 2.83. The van der Waals surface area contributed by atoms with Crippen molar-refractivity contribution in [1.82, 2.24) is 9.78 Å². The summed E-state index contributed by atoms with van der Waals surface area (Å²) < 4.78 is 1.47. The molecule has 0 saturated carbocycles. The number of halogens is 1. The van der Waals surface area contributed by atoms with Gasteiger partial charge in [0.25, 0.3) is 0 Å². The molecule has 1 aromatic heterocycles. The highest BCUT2D eigenvalue weighted by Gasteiger charge is 2.05. The van der Waals surface area contributed by atoms with Crippen molar-refractivity contribution in [3.63, 3.8) is 0 Å². The van der Waals surface area contributed by atoms with Gasteiger partial charge in [-0.2, -0.15) is 5.10 Å². The van der Waals surface area contributed by atoms with Crippen molar-refractivity contribution >= 4 is 29.0 Å². The average molecular weight is 265 g/mol. The molecule has 0 fully saturated rings. The number of nitrogens with zero attached hydrogens (tertiary/aromatic N) is 2. The van der Waals surface area contributed by atoms with Gasteiger partial charge in [-0.1, -0.05) is 17.7 Å². The number of nitrogen functional groups attached to an aromatic ring is 1. The number of amides is 1. The Balaban J connectivity index is 2.00. The van der Waals surface area contributed by atoms with Crippen LogP contribution in [0.3, 0.4) is 0 Å². The zero-order valence-corrected chi connectivity index (χ0v) is 10.6. The molecule has 94 valence electrons. The van der Waals surface area contributed by atoms with Crippen LogP contribution in [0.15, 0.2) is 30.5 Å². The SMILES string of the molecule is Cc1ccc(NC(=O)Cn2ccc(N)n2)cc1Cl. The van der Waals surface area contributed by atoms with Gasteiger partial charge in [0.05, 0.1) is 0 Å². The molecule has 1 aromatic carbocycles. The zero-order valence-electron chi connectivity index (χ0n) is 9.85. The van der Waals surface area contributed by atoms with Gasteiger partial charge in [0.15, 0.2) is 0 Å². The van der Waals surface area contributed by atoms with E-state index in [0.29, 0.717) is 16.5 Å². The summed E-state index contributed by atoms with van der Waals surface area (Å²) in [6.07, 6.45) is 1.65. The van der Waals surface area contributed by atoms with Gasteiger partial charge < -0.3 is 11.1 Å². The minimum absolute atomic E-state index is 0.114. The fourth-order valence-corrected chi connectivity index (χ4v) is 1.66. The molecule has 0 aliphatic rings. The van der Waals surface area contributed by atoms with Crippen molar-refractivity contribution < 1.29 is 4.79 Å². The molecule has 3 N–H and O–H groups in total. The van der Waals surface area contributed by atoms with Crippen LogP contribution in [0.5, 0.6) is 0 Å². The van der Waals surface area contributed by atoms with Gasteiger partial charge in [-0.3, -0.25) is 9.48 Å². The second-order valence-corrected chi connectivity index (χ2v) is 4.36. The lowest BCUT2D eigenvalue weighted by Crippen LogP contribution is -2.19. The maximum absolute atomic E-state index is 11.7. The Morgan fingerprint density at radius 2 is 2.28 bits per heavy atom. The molecule has 1 heterocycles. The Hall–Kier alpha value is -2.01. The van der Waals surface area contributed by atoms with Crippen LogP contribution >= 0.6 is 11.6 Å². The third kappa shape index (κ3) is 3.01. The van der Waals surface area contributed by atoms with Crippen molar-refractivity contribution in [1.29, 1.82) is 0 Å². The Bertz CT molecular complexity index is 579. The van der Waals surface area contributed by atoms with E-state index in [1.54, 1.807) is 24.4 Å². The first-order valence-corrected chi connectivity index (χ1v) is 5.77. The number of nitrogens with one attached hydrogen (secondary N) is 1. The zero-order chi connectivity index (χ0) is 13.1. The van der Waals surface area contributed by atoms with E-state index in [9.17, 15) is 4.79 Å². The van der Waals surface area contributed by atoms with Gasteiger partial charge in [0, 0.05) is 16.9 Å². The summed E-state index contributed by atoms with van der Waals surface area (Å²) in [5.74, 6) is 0.208. The summed E-state index contributed by atoms with van der Waals surface area (Å²) in [6, 6.07) is 7.00. The summed E-state index contributed by atoms with van der Waals surface area (Å²) in [6.45, 7) is 2.02. The first-order valence-electron chi connectivity index (χ1n) is 5.39. The van der Waals surface area contributed by atoms with Crippen molar-refractivity contribution in [2.24, 2.45) is 0 Å². The quantitative estimate of drug-likeness (QED) is 0.891. The van der Waals surface area contributed by atoms with Crippen molar-refractivity contribution in [3.05, 3.63) is 41.0 Å². The molecule has 2 rings (SSSR count). The van der Waals surface area contributed by atoms with E-state index in [-0.39, 0.29) is 12.5 Å². The number of hydrogen-bond donors (Lipinski definition) is 2. The minimum Gasteiger partial charge on any atom is -0.382 e. The maximum Gasteiger partial charge on any atom is 0.246 e. The van der Waals surface area contributed by atoms with Crippen LogP contribution in [-0.4, -0.2) is 15.7 Å². The average Bonchev–Trinajstić information content (AvgIpc) is 2.69. The van der Waals surface area contributed by atoms with E-state index in [0.717, 1.165) is 5.56 Å². The lowest BCUT2D eigenvalue weighted by molar-refractivity contribution is -0.116. The van der Waals surface area contributed by atoms with Gasteiger partial charge in [-0.15, -0.1) is 0 Å². The molecule has 0 aliphatic heterocycles. The topological polar surface area (TPSA) is 72.9 Å². The molecule has 0 aliphatic carbocycles. The summed E-state index contributed by atoms with van der Waals surface area (Å²) in [4.78, 5) is 11.7. The summed E-state index contributed by atoms with van der Waals surface area (Å²) >= 11 is 5.98. The van der Waals surface area contributed by atoms with E-state index in [1.807, 2.05) is 13.0 Å². The van der Waals surface area contributed by atoms with Crippen molar-refractivity contribution in [2.45, 2.75) is 13.5 Å². The molecule has 0 atom stereocenters. The molecule has 0 radical (unpaired) electrons. The molecule has 0 unspecified atom stereocenters. The second-order valence-electron chi connectivity index (χ2n) is 3.95. The van der Waals surface area contributed by atoms with Gasteiger partial charge >= 0.3 is 0 Å². The van der Waals surface area contributed by atoms with E-state index < -0.39 is 0 Å². The lowest BCUT2D eigenvalue weighted by atomic mass is 10.2. The van der Waals surface area contributed by atoms with Gasteiger partial charge in [-0.05, 0) is 30.7 Å². The molecule has 1 amide bonds. The molecule has 18 heavy (non-hydrogen) atoms. The molecule has 2 aromatic rings. The van der Waals surface area contributed by atoms with Gasteiger partial charge in [0.2, 0.25) is 5.91 Å². The van der Waals surface area contributed by atoms with E-state index in [2.05, 4.69) is 10.4 Å². The number of aryl methyl sites for hydroxylation is 1. The monoisotopic (exact) mass is 264 g/mol. The van der Waals surface area contributed by atoms with E-state index in [4.69, 9.17) is 17.3 Å². The Labute approximate surface area is 110 Å². The number of rotatable bonds is 3. The molecule has 5 nitrogen and oxygen atoms in total. The fourth-order valence-electron chi connectivity index (χ4n) is 1.48. The predicted molar refractivity (Wildman–Crippen MR) is 71.5 cm³/mol. The highest BCUT2D eigenvalue weighted by molar-refractivity contribution is 6.31. The van der Waals surface area contributed by atoms with Crippen LogP contribution in [0.4, 0.5) is 11.5 Å². The van der Waals surface area contributed by atoms with Crippen molar-refractivity contribution in [2.75, 3.05) is 11.1 Å². The molecular weight excluding hydrogens is 252 g/mol. The predicted octanol–water partition coefficient (Wildman–Crippen LogP) is 2.07. The fraction of sp³-hybridized carbons (Fsp3) is 0.167. The number of carbonyl (C=O) groups is 1. The van der Waals surface area contributed by atoms with E-state index in [1.165, 1.54) is 4.68 Å². The number of nitrogens with two attached hydrogens (primary N) is 1. The number of aromatic nitrogens is 2. The first kappa shape index (κ1) is 12.4. The van der Waals surface area contributed by atoms with Crippen molar-refractivity contribution in [3.8, 4) is 0 Å². The van der Waals surface area contributed by atoms with Crippen LogP contribution in [0.2, 0.25) is 5.02 Å². The number of carbonyl (C=O) groups excluding carboxylic acids is 1. The van der Waals surface area contributed by atoms with Crippen LogP contribution in [0, 0.1) is 6.92 Å². The number of hydrogen-bond acceptors (Lipinski definition) is 3. The minimum atomic E-state index is -0.182. The largest absolute Gasteiger partial charge is 0.382 e. The number of anilines is 2. The third-order valence-electron chi connectivity index (χ3n) is 2.42. The lowest BCUT2D eigenvalue weighted by Gasteiger charge is -2.06. The van der Waals surface area contributed by atoms with Gasteiger partial charge in [0.1, 0.15) is 12.4 Å². The van der Waals surface area contributed by atoms with E-state index >= 15 is 0 Å². The molecule has 0 bridgehead atoms. The van der Waals surface area contributed by atoms with Gasteiger partial charge in [-0.25, -0.2) is 0 Å². The Kier molecular flexibility index (Phi) is 3.53. The van der Waals surface area contributed by atoms with Crippen LogP contribution in [0.1, 0.15) is 5.56 Å². The maximum atomic E-state index is 11.7. The molecular formula is C12H13ClN4O. The Morgan fingerprint density at radius 1 is 1.50 bits per heavy atom. The highest BCUT2D eigenvalue weighted by atomic mass is 35.5. The summed E-state index contributed by atoms with van der Waals surface area (Å²) in [5, 5.41) is 7.30. The Morgan fingerprint density at radius 3 is 2.89 bits per heavy atom. The summed E-state index contributed by atoms with van der Waals surface area (Å²) in [5.41, 5.74) is 7.09. The van der Waals surface area contributed by atoms with Crippen LogP contribution in [0.25, 0.3) is 0 Å². The standard InChI is InChI=1S/C12H13ClN4O/c1-8-2-3-9(6-10(8)13)15-12(18)7-17-5-4-11(14)16-17/h2-6H,7H2,1H3,(H2,14,16)(H,15,18). The van der Waals surface area contributed by atoms with Crippen LogP contribution in [-0.2, 0) is 11.3 Å². The normalized spacial score (nSPS) is 10.3. The molecule has 0 saturated heterocycles. The van der Waals surface area contributed by atoms with Crippen LogP contribution < -0.4 is 11.1 Å². The summed E-state index contributed by atoms with van der Waals surface area (Å²) in [7, 11) is 0.